The zero-order valence-electron chi connectivity index (χ0n) is 13.2. The van der Waals surface area contributed by atoms with E-state index in [2.05, 4.69) is 48.7 Å². The van der Waals surface area contributed by atoms with Crippen molar-refractivity contribution in [2.45, 2.75) is 27.2 Å². The molecule has 1 aliphatic rings. The highest BCUT2D eigenvalue weighted by Crippen LogP contribution is 2.22. The van der Waals surface area contributed by atoms with Gasteiger partial charge in [-0.05, 0) is 36.4 Å². The van der Waals surface area contributed by atoms with Gasteiger partial charge in [0, 0.05) is 12.5 Å². The van der Waals surface area contributed by atoms with Crippen LogP contribution in [0.3, 0.4) is 0 Å². The third kappa shape index (κ3) is 5.33. The molecule has 0 bridgehead atoms. The van der Waals surface area contributed by atoms with Crippen molar-refractivity contribution in [3.8, 4) is 0 Å². The SMILES string of the molecule is CC(C(=O)NCC(C)(C)Cc1ccccc1)C1CNC1.Cl. The molecule has 1 fully saturated rings. The molecule has 0 saturated carbocycles. The van der Waals surface area contributed by atoms with Gasteiger partial charge in [0.25, 0.3) is 0 Å². The Kier molecular flexibility index (Phi) is 6.69. The van der Waals surface area contributed by atoms with Crippen LogP contribution in [-0.4, -0.2) is 25.5 Å². The third-order valence-electron chi connectivity index (χ3n) is 4.20. The Hall–Kier alpha value is -1.06. The van der Waals surface area contributed by atoms with E-state index in [9.17, 15) is 4.79 Å². The summed E-state index contributed by atoms with van der Waals surface area (Å²) in [4.78, 5) is 12.1. The van der Waals surface area contributed by atoms with Gasteiger partial charge in [0.05, 0.1) is 0 Å². The smallest absolute Gasteiger partial charge is 0.223 e. The first-order chi connectivity index (χ1) is 9.48. The molecule has 1 amide bonds. The molecule has 0 spiro atoms. The first-order valence-electron chi connectivity index (χ1n) is 7.50. The molecular formula is C17H27ClN2O. The van der Waals surface area contributed by atoms with Crippen molar-refractivity contribution in [2.75, 3.05) is 19.6 Å². The Morgan fingerprint density at radius 2 is 1.95 bits per heavy atom. The topological polar surface area (TPSA) is 41.1 Å². The summed E-state index contributed by atoms with van der Waals surface area (Å²) < 4.78 is 0. The number of benzene rings is 1. The summed E-state index contributed by atoms with van der Waals surface area (Å²) in [6.07, 6.45) is 0.980. The van der Waals surface area contributed by atoms with E-state index < -0.39 is 0 Å². The first kappa shape index (κ1) is 18.0. The molecule has 0 aromatic heterocycles. The van der Waals surface area contributed by atoms with Crippen LogP contribution in [0.1, 0.15) is 26.3 Å². The maximum Gasteiger partial charge on any atom is 0.223 e. The van der Waals surface area contributed by atoms with Gasteiger partial charge in [0.2, 0.25) is 5.91 Å². The lowest BCUT2D eigenvalue weighted by atomic mass is 9.84. The summed E-state index contributed by atoms with van der Waals surface area (Å²) in [5.41, 5.74) is 1.40. The summed E-state index contributed by atoms with van der Waals surface area (Å²) in [7, 11) is 0. The van der Waals surface area contributed by atoms with Crippen molar-refractivity contribution >= 4 is 18.3 Å². The minimum Gasteiger partial charge on any atom is -0.355 e. The number of amides is 1. The van der Waals surface area contributed by atoms with Crippen LogP contribution in [0.25, 0.3) is 0 Å². The van der Waals surface area contributed by atoms with Crippen LogP contribution in [0.2, 0.25) is 0 Å². The van der Waals surface area contributed by atoms with Crippen LogP contribution in [0.5, 0.6) is 0 Å². The second-order valence-corrected chi connectivity index (χ2v) is 6.75. The molecule has 1 aromatic rings. The normalized spacial score (nSPS) is 16.5. The largest absolute Gasteiger partial charge is 0.355 e. The number of halogens is 1. The van der Waals surface area contributed by atoms with Gasteiger partial charge in [0.15, 0.2) is 0 Å². The fourth-order valence-electron chi connectivity index (χ4n) is 2.58. The predicted octanol–water partition coefficient (Wildman–Crippen LogP) is 2.65. The van der Waals surface area contributed by atoms with E-state index in [4.69, 9.17) is 0 Å². The molecule has 21 heavy (non-hydrogen) atoms. The molecule has 2 rings (SSSR count). The molecular weight excluding hydrogens is 284 g/mol. The predicted molar refractivity (Wildman–Crippen MR) is 89.7 cm³/mol. The highest BCUT2D eigenvalue weighted by molar-refractivity contribution is 5.85. The van der Waals surface area contributed by atoms with E-state index in [1.54, 1.807) is 0 Å². The van der Waals surface area contributed by atoms with Gasteiger partial charge < -0.3 is 10.6 Å². The highest BCUT2D eigenvalue weighted by atomic mass is 35.5. The average Bonchev–Trinajstić information content (AvgIpc) is 2.34. The first-order valence-corrected chi connectivity index (χ1v) is 7.50. The van der Waals surface area contributed by atoms with Crippen LogP contribution >= 0.6 is 12.4 Å². The quantitative estimate of drug-likeness (QED) is 0.848. The molecule has 1 aromatic carbocycles. The van der Waals surface area contributed by atoms with Gasteiger partial charge in [-0.3, -0.25) is 4.79 Å². The van der Waals surface area contributed by atoms with E-state index >= 15 is 0 Å². The molecule has 1 unspecified atom stereocenters. The minimum atomic E-state index is 0. The van der Waals surface area contributed by atoms with Crippen LogP contribution in [-0.2, 0) is 11.2 Å². The Balaban J connectivity index is 0.00000220. The summed E-state index contributed by atoms with van der Waals surface area (Å²) in [5, 5.41) is 6.35. The fraction of sp³-hybridized carbons (Fsp3) is 0.588. The summed E-state index contributed by atoms with van der Waals surface area (Å²) in [5.74, 6) is 0.814. The number of carbonyl (C=O) groups is 1. The molecule has 118 valence electrons. The molecule has 1 atom stereocenters. The van der Waals surface area contributed by atoms with Crippen molar-refractivity contribution in [1.29, 1.82) is 0 Å². The second-order valence-electron chi connectivity index (χ2n) is 6.75. The lowest BCUT2D eigenvalue weighted by Gasteiger charge is -2.33. The van der Waals surface area contributed by atoms with Crippen molar-refractivity contribution in [1.82, 2.24) is 10.6 Å². The van der Waals surface area contributed by atoms with Gasteiger partial charge in [0.1, 0.15) is 0 Å². The molecule has 1 heterocycles. The van der Waals surface area contributed by atoms with Crippen LogP contribution in [0.4, 0.5) is 0 Å². The Morgan fingerprint density at radius 1 is 1.33 bits per heavy atom. The average molecular weight is 311 g/mol. The molecule has 0 aliphatic carbocycles. The number of rotatable bonds is 6. The zero-order chi connectivity index (χ0) is 14.6. The lowest BCUT2D eigenvalue weighted by molar-refractivity contribution is -0.127. The standard InChI is InChI=1S/C17H26N2O.ClH/c1-13(15-10-18-11-15)16(20)19-12-17(2,3)9-14-7-5-4-6-8-14;/h4-8,13,15,18H,9-12H2,1-3H3,(H,19,20);1H. The van der Waals surface area contributed by atoms with Crippen molar-refractivity contribution in [3.05, 3.63) is 35.9 Å². The molecule has 4 heteroatoms. The highest BCUT2D eigenvalue weighted by Gasteiger charge is 2.29. The summed E-state index contributed by atoms with van der Waals surface area (Å²) >= 11 is 0. The Morgan fingerprint density at radius 3 is 2.48 bits per heavy atom. The number of hydrogen-bond acceptors (Lipinski definition) is 2. The van der Waals surface area contributed by atoms with Gasteiger partial charge in [-0.25, -0.2) is 0 Å². The van der Waals surface area contributed by atoms with Crippen molar-refractivity contribution in [3.63, 3.8) is 0 Å². The van der Waals surface area contributed by atoms with Crippen LogP contribution in [0.15, 0.2) is 30.3 Å². The Bertz CT molecular complexity index is 443. The maximum absolute atomic E-state index is 12.1. The van der Waals surface area contributed by atoms with E-state index in [0.717, 1.165) is 26.1 Å². The van der Waals surface area contributed by atoms with Crippen molar-refractivity contribution in [2.24, 2.45) is 17.3 Å². The summed E-state index contributed by atoms with van der Waals surface area (Å²) in [6, 6.07) is 10.5. The number of nitrogens with one attached hydrogen (secondary N) is 2. The van der Waals surface area contributed by atoms with E-state index in [0.29, 0.717) is 5.92 Å². The van der Waals surface area contributed by atoms with E-state index in [1.807, 2.05) is 13.0 Å². The second kappa shape index (κ2) is 7.81. The van der Waals surface area contributed by atoms with Gasteiger partial charge in [-0.15, -0.1) is 12.4 Å². The number of carbonyl (C=O) groups excluding carboxylic acids is 1. The molecule has 3 nitrogen and oxygen atoms in total. The monoisotopic (exact) mass is 310 g/mol. The minimum absolute atomic E-state index is 0. The van der Waals surface area contributed by atoms with Crippen molar-refractivity contribution < 1.29 is 4.79 Å². The Labute approximate surface area is 134 Å². The maximum atomic E-state index is 12.1. The molecule has 1 aliphatic heterocycles. The number of hydrogen-bond donors (Lipinski definition) is 2. The lowest BCUT2D eigenvalue weighted by Crippen LogP contribution is -2.50. The zero-order valence-corrected chi connectivity index (χ0v) is 14.0. The third-order valence-corrected chi connectivity index (χ3v) is 4.20. The van der Waals surface area contributed by atoms with E-state index in [-0.39, 0.29) is 29.6 Å². The fourth-order valence-corrected chi connectivity index (χ4v) is 2.58. The molecule has 0 radical (unpaired) electrons. The van der Waals surface area contributed by atoms with Gasteiger partial charge in [-0.2, -0.15) is 0 Å². The van der Waals surface area contributed by atoms with Crippen LogP contribution in [0, 0.1) is 17.3 Å². The van der Waals surface area contributed by atoms with Crippen LogP contribution < -0.4 is 10.6 Å². The molecule has 2 N–H and O–H groups in total. The summed E-state index contributed by atoms with van der Waals surface area (Å²) in [6.45, 7) is 9.12. The van der Waals surface area contributed by atoms with E-state index in [1.165, 1.54) is 5.56 Å². The van der Waals surface area contributed by atoms with Gasteiger partial charge >= 0.3 is 0 Å². The molecule has 1 saturated heterocycles. The van der Waals surface area contributed by atoms with Gasteiger partial charge in [-0.1, -0.05) is 51.1 Å².